The maximum atomic E-state index is 13.5. The van der Waals surface area contributed by atoms with E-state index in [1.165, 1.54) is 11.8 Å². The van der Waals surface area contributed by atoms with Crippen LogP contribution in [0.4, 0.5) is 0 Å². The van der Waals surface area contributed by atoms with Crippen molar-refractivity contribution in [1.29, 1.82) is 0 Å². The minimum atomic E-state index is -1.54. The van der Waals surface area contributed by atoms with E-state index in [0.29, 0.717) is 30.2 Å². The zero-order valence-electron chi connectivity index (χ0n) is 19.8. The number of H-pyrrole nitrogens is 1. The second kappa shape index (κ2) is 7.36. The van der Waals surface area contributed by atoms with Crippen molar-refractivity contribution in [1.82, 2.24) is 9.55 Å². The van der Waals surface area contributed by atoms with Gasteiger partial charge in [-0.3, -0.25) is 19.0 Å². The smallest absolute Gasteiger partial charge is 0.328 e. The monoisotopic (exact) mass is 454 g/mol. The molecule has 3 fully saturated rings. The van der Waals surface area contributed by atoms with E-state index in [-0.39, 0.29) is 17.1 Å². The minimum Gasteiger partial charge on any atom is -0.381 e. The Morgan fingerprint density at radius 2 is 1.82 bits per heavy atom. The van der Waals surface area contributed by atoms with Crippen LogP contribution in [0.25, 0.3) is 0 Å². The molecular weight excluding hydrogens is 420 g/mol. The van der Waals surface area contributed by atoms with Gasteiger partial charge in [0.2, 0.25) is 0 Å². The summed E-state index contributed by atoms with van der Waals surface area (Å²) >= 11 is 0. The summed E-state index contributed by atoms with van der Waals surface area (Å²) in [5.41, 5.74) is -1.56. The van der Waals surface area contributed by atoms with Crippen LogP contribution in [-0.2, 0) is 16.1 Å². The highest BCUT2D eigenvalue weighted by atomic mass is 16.3. The number of hydrogen-bond acceptors (Lipinski definition) is 5. The molecule has 0 spiro atoms. The van der Waals surface area contributed by atoms with Crippen LogP contribution in [0.2, 0.25) is 0 Å². The molecular formula is C26H34N2O5. The molecule has 0 amide bonds. The van der Waals surface area contributed by atoms with Gasteiger partial charge in [-0.1, -0.05) is 19.4 Å². The number of Topliss-reactive ketones (excluding diaryl/α,β-unsaturated/α-hetero) is 1. The Kier molecular flexibility index (Phi) is 5.02. The first-order valence-electron chi connectivity index (χ1n) is 12.3. The van der Waals surface area contributed by atoms with Crippen molar-refractivity contribution >= 4 is 11.6 Å². The van der Waals surface area contributed by atoms with Crippen LogP contribution in [0.15, 0.2) is 27.4 Å². The highest BCUT2D eigenvalue weighted by molar-refractivity contribution is 5.91. The molecule has 2 N–H and O–H groups in total. The minimum absolute atomic E-state index is 0.0328. The fraction of sp³-hybridized carbons (Fsp3) is 0.692. The molecule has 1 heterocycles. The number of aryl methyl sites for hydroxylation is 1. The average Bonchev–Trinajstić information content (AvgIpc) is 3.06. The van der Waals surface area contributed by atoms with Gasteiger partial charge in [0.15, 0.2) is 11.6 Å². The summed E-state index contributed by atoms with van der Waals surface area (Å²) in [7, 11) is 0. The molecule has 33 heavy (non-hydrogen) atoms. The third kappa shape index (κ3) is 3.04. The first-order valence-corrected chi connectivity index (χ1v) is 12.3. The molecule has 0 unspecified atom stereocenters. The number of carbonyl (C=O) groups is 2. The Morgan fingerprint density at radius 3 is 2.58 bits per heavy atom. The van der Waals surface area contributed by atoms with Crippen LogP contribution < -0.4 is 11.2 Å². The van der Waals surface area contributed by atoms with E-state index >= 15 is 0 Å². The van der Waals surface area contributed by atoms with Gasteiger partial charge in [0.25, 0.3) is 5.56 Å². The second-order valence-electron chi connectivity index (χ2n) is 11.4. The number of carbonyl (C=O) groups excluding carboxylic acids is 2. The van der Waals surface area contributed by atoms with E-state index in [1.54, 1.807) is 6.92 Å². The summed E-state index contributed by atoms with van der Waals surface area (Å²) in [6.45, 7) is 5.54. The van der Waals surface area contributed by atoms with Gasteiger partial charge in [0, 0.05) is 23.6 Å². The third-order valence-corrected chi connectivity index (χ3v) is 10.1. The SMILES string of the molecule is Cc1c[nH]c(=O)n(CC(=O)[C@@]2(O)CC[C@H]3[C@@H]4CCC5=CC(=O)CC[C@]5(C)[C@H]4CC[C@@]32C)c1=O. The van der Waals surface area contributed by atoms with Crippen LogP contribution >= 0.6 is 0 Å². The molecule has 0 radical (unpaired) electrons. The summed E-state index contributed by atoms with van der Waals surface area (Å²) in [5.74, 6) is 0.891. The molecule has 0 aromatic carbocycles. The molecule has 7 nitrogen and oxygen atoms in total. The Labute approximate surface area is 193 Å². The van der Waals surface area contributed by atoms with Crippen molar-refractivity contribution < 1.29 is 14.7 Å². The molecule has 4 aliphatic carbocycles. The lowest BCUT2D eigenvalue weighted by Gasteiger charge is -2.58. The van der Waals surface area contributed by atoms with E-state index in [0.717, 1.165) is 43.1 Å². The Bertz CT molecular complexity index is 1180. The van der Waals surface area contributed by atoms with E-state index in [4.69, 9.17) is 0 Å². The van der Waals surface area contributed by atoms with Gasteiger partial charge in [-0.05, 0) is 81.1 Å². The average molecular weight is 455 g/mol. The first-order chi connectivity index (χ1) is 15.5. The molecule has 178 valence electrons. The van der Waals surface area contributed by atoms with Crippen molar-refractivity contribution in [3.05, 3.63) is 44.2 Å². The van der Waals surface area contributed by atoms with Crippen LogP contribution in [0.1, 0.15) is 70.8 Å². The maximum absolute atomic E-state index is 13.5. The number of aliphatic hydroxyl groups is 1. The predicted molar refractivity (Wildman–Crippen MR) is 123 cm³/mol. The lowest BCUT2D eigenvalue weighted by Crippen LogP contribution is -2.58. The van der Waals surface area contributed by atoms with Crippen molar-refractivity contribution in [3.8, 4) is 0 Å². The molecule has 0 aliphatic heterocycles. The van der Waals surface area contributed by atoms with E-state index < -0.39 is 34.6 Å². The molecule has 4 aliphatic rings. The lowest BCUT2D eigenvalue weighted by molar-refractivity contribution is -0.163. The van der Waals surface area contributed by atoms with Gasteiger partial charge in [-0.2, -0.15) is 0 Å². The van der Waals surface area contributed by atoms with Crippen LogP contribution in [0.3, 0.4) is 0 Å². The molecule has 5 rings (SSSR count). The van der Waals surface area contributed by atoms with Crippen LogP contribution in [-0.4, -0.2) is 31.8 Å². The molecule has 0 saturated heterocycles. The van der Waals surface area contributed by atoms with Crippen LogP contribution in [0.5, 0.6) is 0 Å². The topological polar surface area (TPSA) is 109 Å². The van der Waals surface area contributed by atoms with Crippen molar-refractivity contribution in [2.24, 2.45) is 28.6 Å². The molecule has 7 heteroatoms. The summed E-state index contributed by atoms with van der Waals surface area (Å²) in [6, 6.07) is 0. The summed E-state index contributed by atoms with van der Waals surface area (Å²) in [5, 5.41) is 11.8. The lowest BCUT2D eigenvalue weighted by atomic mass is 9.46. The number of aromatic nitrogens is 2. The highest BCUT2D eigenvalue weighted by Crippen LogP contribution is 2.67. The number of nitrogens with one attached hydrogen (secondary N) is 1. The highest BCUT2D eigenvalue weighted by Gasteiger charge is 2.66. The number of nitrogens with zero attached hydrogens (tertiary/aromatic N) is 1. The number of allylic oxidation sites excluding steroid dienone is 1. The van der Waals surface area contributed by atoms with E-state index in [2.05, 4.69) is 11.9 Å². The standard InChI is InChI=1S/C26H34N2O5/c1-15-13-27-23(32)28(22(15)31)14-21(30)26(33)11-8-20-18-5-4-16-12-17(29)6-9-24(16,2)19(18)7-10-25(20,26)3/h12-13,18-20,33H,4-11,14H2,1-3H3,(H,27,32)/t18-,19+,20+,24+,25+,26+/m1/s1. The Morgan fingerprint density at radius 1 is 1.09 bits per heavy atom. The van der Waals surface area contributed by atoms with Gasteiger partial charge in [-0.15, -0.1) is 0 Å². The number of hydrogen-bond donors (Lipinski definition) is 2. The van der Waals surface area contributed by atoms with Gasteiger partial charge in [0.1, 0.15) is 5.60 Å². The zero-order valence-corrected chi connectivity index (χ0v) is 19.8. The maximum Gasteiger partial charge on any atom is 0.328 e. The second-order valence-corrected chi connectivity index (χ2v) is 11.4. The summed E-state index contributed by atoms with van der Waals surface area (Å²) < 4.78 is 0.912. The fourth-order valence-electron chi connectivity index (χ4n) is 8.07. The zero-order chi connectivity index (χ0) is 23.8. The normalized spacial score (nSPS) is 39.9. The van der Waals surface area contributed by atoms with Crippen molar-refractivity contribution in [2.75, 3.05) is 0 Å². The number of ketones is 2. The molecule has 1 aromatic heterocycles. The van der Waals surface area contributed by atoms with Gasteiger partial charge < -0.3 is 10.1 Å². The van der Waals surface area contributed by atoms with Crippen molar-refractivity contribution in [2.45, 2.75) is 84.3 Å². The van der Waals surface area contributed by atoms with Gasteiger partial charge in [-0.25, -0.2) is 4.79 Å². The molecule has 0 bridgehead atoms. The number of rotatable bonds is 3. The van der Waals surface area contributed by atoms with Gasteiger partial charge >= 0.3 is 5.69 Å². The largest absolute Gasteiger partial charge is 0.381 e. The van der Waals surface area contributed by atoms with Crippen LogP contribution in [0, 0.1) is 35.5 Å². The molecule has 3 saturated carbocycles. The fourth-order valence-corrected chi connectivity index (χ4v) is 8.07. The predicted octanol–water partition coefficient (Wildman–Crippen LogP) is 2.68. The number of aromatic amines is 1. The van der Waals surface area contributed by atoms with Crippen molar-refractivity contribution in [3.63, 3.8) is 0 Å². The molecule has 1 aromatic rings. The third-order valence-electron chi connectivity index (χ3n) is 10.1. The quantitative estimate of drug-likeness (QED) is 0.730. The van der Waals surface area contributed by atoms with Gasteiger partial charge in [0.05, 0.1) is 6.54 Å². The Balaban J connectivity index is 1.44. The summed E-state index contributed by atoms with van der Waals surface area (Å²) in [4.78, 5) is 52.7. The molecule has 6 atom stereocenters. The van der Waals surface area contributed by atoms with E-state index in [9.17, 15) is 24.3 Å². The summed E-state index contributed by atoms with van der Waals surface area (Å²) in [6.07, 6.45) is 9.42. The number of fused-ring (bicyclic) bond motifs is 5. The Hall–Kier alpha value is -2.28. The van der Waals surface area contributed by atoms with E-state index in [1.807, 2.05) is 13.0 Å². The first kappa shape index (κ1) is 22.5.